The first kappa shape index (κ1) is 16.1. The second-order valence-corrected chi connectivity index (χ2v) is 7.03. The van der Waals surface area contributed by atoms with Gasteiger partial charge in [0.1, 0.15) is 12.2 Å². The third-order valence-electron chi connectivity index (χ3n) is 5.36. The Kier molecular flexibility index (Phi) is 4.68. The van der Waals surface area contributed by atoms with Crippen molar-refractivity contribution in [1.82, 2.24) is 20.1 Å². The molecule has 3 heterocycles. The lowest BCUT2D eigenvalue weighted by Gasteiger charge is -2.34. The van der Waals surface area contributed by atoms with Gasteiger partial charge in [0.25, 0.3) is 5.91 Å². The molecule has 1 unspecified atom stereocenters. The molecule has 4 rings (SSSR count). The maximum absolute atomic E-state index is 13.2. The number of aromatic amines is 1. The number of nitrogens with zero attached hydrogens (tertiary/aromatic N) is 4. The highest BCUT2D eigenvalue weighted by atomic mass is 16.2. The maximum Gasteiger partial charge on any atom is 0.255 e. The Balaban J connectivity index is 1.54. The summed E-state index contributed by atoms with van der Waals surface area (Å²) in [6.07, 6.45) is 7.30. The minimum Gasteiger partial charge on any atom is -0.371 e. The third kappa shape index (κ3) is 3.38. The Morgan fingerprint density at radius 1 is 1.08 bits per heavy atom. The summed E-state index contributed by atoms with van der Waals surface area (Å²) in [5, 5.41) is 6.92. The summed E-state index contributed by atoms with van der Waals surface area (Å²) >= 11 is 0. The van der Waals surface area contributed by atoms with E-state index in [0.29, 0.717) is 6.54 Å². The lowest BCUT2D eigenvalue weighted by Crippen LogP contribution is -2.40. The minimum atomic E-state index is 0.144. The molecule has 6 nitrogen and oxygen atoms in total. The van der Waals surface area contributed by atoms with Gasteiger partial charge in [-0.2, -0.15) is 5.10 Å². The predicted octanol–water partition coefficient (Wildman–Crippen LogP) is 2.81. The maximum atomic E-state index is 13.2. The largest absolute Gasteiger partial charge is 0.371 e. The van der Waals surface area contributed by atoms with E-state index in [9.17, 15) is 4.79 Å². The molecule has 1 N–H and O–H groups in total. The standard InChI is InChI=1S/C19H25N5O/c25-19(24-12-6-7-15(13-24)18-20-14-21-22-18)16-8-2-3-9-17(16)23-10-4-1-5-11-23/h2-3,8-9,14-15H,1,4-7,10-13H2,(H,20,21,22). The fraction of sp³-hybridized carbons (Fsp3) is 0.526. The highest BCUT2D eigenvalue weighted by Crippen LogP contribution is 2.29. The molecule has 25 heavy (non-hydrogen) atoms. The number of hydrogen-bond donors (Lipinski definition) is 1. The monoisotopic (exact) mass is 339 g/mol. The van der Waals surface area contributed by atoms with Crippen LogP contribution in [0.4, 0.5) is 5.69 Å². The van der Waals surface area contributed by atoms with Crippen LogP contribution in [0, 0.1) is 0 Å². The Morgan fingerprint density at radius 3 is 2.72 bits per heavy atom. The molecule has 6 heteroatoms. The molecular weight excluding hydrogens is 314 g/mol. The van der Waals surface area contributed by atoms with Crippen molar-refractivity contribution in [2.24, 2.45) is 0 Å². The molecule has 2 saturated heterocycles. The van der Waals surface area contributed by atoms with E-state index in [1.165, 1.54) is 19.3 Å². The van der Waals surface area contributed by atoms with Crippen molar-refractivity contribution < 1.29 is 4.79 Å². The van der Waals surface area contributed by atoms with Crippen LogP contribution in [0.15, 0.2) is 30.6 Å². The van der Waals surface area contributed by atoms with E-state index >= 15 is 0 Å². The molecule has 0 radical (unpaired) electrons. The number of piperidine rings is 2. The Labute approximate surface area is 148 Å². The zero-order valence-electron chi connectivity index (χ0n) is 14.5. The number of hydrogen-bond acceptors (Lipinski definition) is 4. The summed E-state index contributed by atoms with van der Waals surface area (Å²) in [7, 11) is 0. The number of nitrogens with one attached hydrogen (secondary N) is 1. The smallest absolute Gasteiger partial charge is 0.255 e. The van der Waals surface area contributed by atoms with Crippen molar-refractivity contribution in [2.75, 3.05) is 31.1 Å². The predicted molar refractivity (Wildman–Crippen MR) is 96.8 cm³/mol. The number of benzene rings is 1. The van der Waals surface area contributed by atoms with Gasteiger partial charge in [0.15, 0.2) is 0 Å². The molecule has 1 aromatic carbocycles. The number of amides is 1. The Bertz CT molecular complexity index is 708. The van der Waals surface area contributed by atoms with E-state index < -0.39 is 0 Å². The lowest BCUT2D eigenvalue weighted by molar-refractivity contribution is 0.0705. The van der Waals surface area contributed by atoms with Gasteiger partial charge in [-0.25, -0.2) is 4.98 Å². The number of carbonyl (C=O) groups is 1. The van der Waals surface area contributed by atoms with Crippen molar-refractivity contribution in [2.45, 2.75) is 38.0 Å². The minimum absolute atomic E-state index is 0.144. The summed E-state index contributed by atoms with van der Waals surface area (Å²) in [6.45, 7) is 3.62. The molecule has 2 aliphatic heterocycles. The normalized spacial score (nSPS) is 21.4. The van der Waals surface area contributed by atoms with Gasteiger partial charge in [-0.1, -0.05) is 12.1 Å². The van der Waals surface area contributed by atoms with Crippen molar-refractivity contribution in [1.29, 1.82) is 0 Å². The number of H-pyrrole nitrogens is 1. The van der Waals surface area contributed by atoms with Gasteiger partial charge in [-0.15, -0.1) is 0 Å². The fourth-order valence-corrected chi connectivity index (χ4v) is 4.03. The van der Waals surface area contributed by atoms with Crippen LogP contribution in [0.5, 0.6) is 0 Å². The molecule has 2 aromatic rings. The van der Waals surface area contributed by atoms with E-state index in [1.807, 2.05) is 23.1 Å². The van der Waals surface area contributed by atoms with Crippen molar-refractivity contribution >= 4 is 11.6 Å². The van der Waals surface area contributed by atoms with E-state index in [4.69, 9.17) is 0 Å². The highest BCUT2D eigenvalue weighted by molar-refractivity contribution is 6.00. The van der Waals surface area contributed by atoms with E-state index in [0.717, 1.165) is 49.6 Å². The number of aromatic nitrogens is 3. The summed E-state index contributed by atoms with van der Waals surface area (Å²) in [5.41, 5.74) is 1.93. The number of carbonyl (C=O) groups excluding carboxylic acids is 1. The van der Waals surface area contributed by atoms with Crippen molar-refractivity contribution in [3.63, 3.8) is 0 Å². The summed E-state index contributed by atoms with van der Waals surface area (Å²) < 4.78 is 0. The average Bonchev–Trinajstić information content (AvgIpc) is 3.23. The molecule has 1 aromatic heterocycles. The number of para-hydroxylation sites is 1. The van der Waals surface area contributed by atoms with Crippen LogP contribution in [-0.2, 0) is 0 Å². The van der Waals surface area contributed by atoms with Crippen LogP contribution < -0.4 is 4.90 Å². The topological polar surface area (TPSA) is 65.1 Å². The van der Waals surface area contributed by atoms with E-state index in [-0.39, 0.29) is 11.8 Å². The van der Waals surface area contributed by atoms with Gasteiger partial charge in [0.05, 0.1) is 5.56 Å². The van der Waals surface area contributed by atoms with E-state index in [2.05, 4.69) is 26.1 Å². The van der Waals surface area contributed by atoms with Gasteiger partial charge >= 0.3 is 0 Å². The van der Waals surface area contributed by atoms with E-state index in [1.54, 1.807) is 6.33 Å². The Hall–Kier alpha value is -2.37. The number of anilines is 1. The Morgan fingerprint density at radius 2 is 1.92 bits per heavy atom. The molecular formula is C19H25N5O. The fourth-order valence-electron chi connectivity index (χ4n) is 4.03. The average molecular weight is 339 g/mol. The van der Waals surface area contributed by atoms with Crippen LogP contribution in [-0.4, -0.2) is 52.2 Å². The second kappa shape index (κ2) is 7.25. The van der Waals surface area contributed by atoms with Gasteiger partial charge < -0.3 is 9.80 Å². The summed E-state index contributed by atoms with van der Waals surface area (Å²) in [5.74, 6) is 1.29. The van der Waals surface area contributed by atoms with Gasteiger partial charge in [-0.05, 0) is 44.2 Å². The number of likely N-dealkylation sites (tertiary alicyclic amines) is 1. The summed E-state index contributed by atoms with van der Waals surface area (Å²) in [6, 6.07) is 8.08. The van der Waals surface area contributed by atoms with Crippen molar-refractivity contribution in [3.8, 4) is 0 Å². The molecule has 0 spiro atoms. The van der Waals surface area contributed by atoms with Crippen LogP contribution in [0.3, 0.4) is 0 Å². The second-order valence-electron chi connectivity index (χ2n) is 7.03. The van der Waals surface area contributed by atoms with Crippen LogP contribution in [0.25, 0.3) is 0 Å². The van der Waals surface area contributed by atoms with Gasteiger partial charge in [-0.3, -0.25) is 9.89 Å². The molecule has 0 bridgehead atoms. The van der Waals surface area contributed by atoms with Crippen LogP contribution >= 0.6 is 0 Å². The van der Waals surface area contributed by atoms with Gasteiger partial charge in [0.2, 0.25) is 0 Å². The molecule has 2 fully saturated rings. The first-order valence-electron chi connectivity index (χ1n) is 9.31. The highest BCUT2D eigenvalue weighted by Gasteiger charge is 2.29. The summed E-state index contributed by atoms with van der Waals surface area (Å²) in [4.78, 5) is 21.9. The quantitative estimate of drug-likeness (QED) is 0.934. The zero-order chi connectivity index (χ0) is 17.1. The first-order valence-corrected chi connectivity index (χ1v) is 9.31. The molecule has 1 atom stereocenters. The third-order valence-corrected chi connectivity index (χ3v) is 5.36. The zero-order valence-corrected chi connectivity index (χ0v) is 14.5. The molecule has 2 aliphatic rings. The molecule has 1 amide bonds. The first-order chi connectivity index (χ1) is 12.3. The van der Waals surface area contributed by atoms with Gasteiger partial charge in [0, 0.05) is 37.8 Å². The van der Waals surface area contributed by atoms with Crippen LogP contribution in [0.2, 0.25) is 0 Å². The van der Waals surface area contributed by atoms with Crippen LogP contribution in [0.1, 0.15) is 54.2 Å². The molecule has 132 valence electrons. The number of rotatable bonds is 3. The SMILES string of the molecule is O=C(c1ccccc1N1CCCCC1)N1CCCC(c2ncn[nH]2)C1. The van der Waals surface area contributed by atoms with Crippen molar-refractivity contribution in [3.05, 3.63) is 42.0 Å². The molecule has 0 aliphatic carbocycles. The molecule has 0 saturated carbocycles. The lowest BCUT2D eigenvalue weighted by atomic mass is 9.96.